The third-order valence-electron chi connectivity index (χ3n) is 6.34. The molecule has 4 heteroatoms. The molecule has 0 amide bonds. The van der Waals surface area contributed by atoms with Gasteiger partial charge in [0.1, 0.15) is 0 Å². The molecule has 5 rings (SSSR count). The number of carbonyl (C=O) groups is 1. The van der Waals surface area contributed by atoms with Crippen LogP contribution >= 0.6 is 0 Å². The molecule has 4 nitrogen and oxygen atoms in total. The topological polar surface area (TPSA) is 55.4 Å². The van der Waals surface area contributed by atoms with Crippen molar-refractivity contribution in [3.8, 4) is 11.3 Å². The smallest absolute Gasteiger partial charge is 0.335 e. The molecule has 0 atom stereocenters. The first-order valence-electron chi connectivity index (χ1n) is 10.7. The summed E-state index contributed by atoms with van der Waals surface area (Å²) >= 11 is 0. The molecule has 0 radical (unpaired) electrons. The Hall–Kier alpha value is -3.27. The molecule has 4 aromatic rings. The van der Waals surface area contributed by atoms with E-state index >= 15 is 0 Å². The Morgan fingerprint density at radius 1 is 1.03 bits per heavy atom. The lowest BCUT2D eigenvalue weighted by atomic mass is 9.82. The van der Waals surface area contributed by atoms with Gasteiger partial charge < -0.3 is 14.1 Å². The number of fused-ring (bicyclic) bond motifs is 1. The van der Waals surface area contributed by atoms with Crippen molar-refractivity contribution in [1.82, 2.24) is 4.57 Å². The molecule has 0 spiro atoms. The Morgan fingerprint density at radius 3 is 2.53 bits per heavy atom. The largest absolute Gasteiger partial charge is 0.478 e. The van der Waals surface area contributed by atoms with Crippen molar-refractivity contribution in [2.24, 2.45) is 0 Å². The Morgan fingerprint density at radius 2 is 1.83 bits per heavy atom. The van der Waals surface area contributed by atoms with Gasteiger partial charge in [-0.25, -0.2) is 4.79 Å². The van der Waals surface area contributed by atoms with E-state index in [0.717, 1.165) is 16.8 Å². The van der Waals surface area contributed by atoms with E-state index in [1.54, 1.807) is 18.6 Å². The number of benzene rings is 2. The van der Waals surface area contributed by atoms with Crippen LogP contribution in [0.25, 0.3) is 22.2 Å². The normalized spacial score (nSPS) is 14.9. The maximum atomic E-state index is 11.7. The fourth-order valence-corrected chi connectivity index (χ4v) is 4.95. The maximum Gasteiger partial charge on any atom is 0.335 e. The summed E-state index contributed by atoms with van der Waals surface area (Å²) in [5.74, 6) is -0.410. The van der Waals surface area contributed by atoms with Crippen LogP contribution in [0.15, 0.2) is 71.5 Å². The van der Waals surface area contributed by atoms with Gasteiger partial charge in [-0.15, -0.1) is 0 Å². The van der Waals surface area contributed by atoms with Crippen LogP contribution in [0.3, 0.4) is 0 Å². The molecule has 1 fully saturated rings. The number of carboxylic acid groups (broad SMARTS) is 1. The Kier molecular flexibility index (Phi) is 4.91. The van der Waals surface area contributed by atoms with Crippen molar-refractivity contribution in [3.05, 3.63) is 83.8 Å². The number of furan rings is 1. The molecule has 152 valence electrons. The molecule has 2 heterocycles. The predicted octanol–water partition coefficient (Wildman–Crippen LogP) is 6.70. The quantitative estimate of drug-likeness (QED) is 0.406. The standard InChI is InChI=1S/C26H25NO3/c28-26(29)20-11-12-22-23(15-20)27(16-18-7-3-1-4-8-18)25(21-13-14-30-17-21)24(22)19-9-5-2-6-10-19/h1,3-4,7-8,11-15,17,19H,2,5-6,9-10,16H2,(H,28,29). The third-order valence-corrected chi connectivity index (χ3v) is 6.34. The number of rotatable bonds is 5. The van der Waals surface area contributed by atoms with E-state index < -0.39 is 5.97 Å². The second-order valence-electron chi connectivity index (χ2n) is 8.22. The zero-order chi connectivity index (χ0) is 20.5. The summed E-state index contributed by atoms with van der Waals surface area (Å²) in [7, 11) is 0. The number of aromatic nitrogens is 1. The van der Waals surface area contributed by atoms with Crippen LogP contribution in [0.2, 0.25) is 0 Å². The van der Waals surface area contributed by atoms with Crippen molar-refractivity contribution in [2.75, 3.05) is 0 Å². The predicted molar refractivity (Wildman–Crippen MR) is 118 cm³/mol. The Labute approximate surface area is 175 Å². The zero-order valence-corrected chi connectivity index (χ0v) is 16.9. The van der Waals surface area contributed by atoms with E-state index in [4.69, 9.17) is 4.42 Å². The van der Waals surface area contributed by atoms with Crippen molar-refractivity contribution in [2.45, 2.75) is 44.6 Å². The first-order chi connectivity index (χ1) is 14.7. The first kappa shape index (κ1) is 18.7. The van der Waals surface area contributed by atoms with E-state index in [1.165, 1.54) is 48.6 Å². The highest BCUT2D eigenvalue weighted by Crippen LogP contribution is 2.44. The number of aromatic carboxylic acids is 1. The summed E-state index contributed by atoms with van der Waals surface area (Å²) in [5.41, 5.74) is 6.06. The number of hydrogen-bond acceptors (Lipinski definition) is 2. The highest BCUT2D eigenvalue weighted by Gasteiger charge is 2.27. The lowest BCUT2D eigenvalue weighted by Crippen LogP contribution is -2.07. The second-order valence-corrected chi connectivity index (χ2v) is 8.22. The molecule has 0 saturated heterocycles. The van der Waals surface area contributed by atoms with Crippen molar-refractivity contribution >= 4 is 16.9 Å². The van der Waals surface area contributed by atoms with Gasteiger partial charge >= 0.3 is 5.97 Å². The van der Waals surface area contributed by atoms with Crippen LogP contribution in [-0.2, 0) is 6.54 Å². The third kappa shape index (κ3) is 3.32. The fourth-order valence-electron chi connectivity index (χ4n) is 4.95. The summed E-state index contributed by atoms with van der Waals surface area (Å²) < 4.78 is 7.75. The molecule has 0 bridgehead atoms. The Bertz CT molecular complexity index is 1170. The molecular formula is C26H25NO3. The molecular weight excluding hydrogens is 374 g/mol. The minimum absolute atomic E-state index is 0.322. The van der Waals surface area contributed by atoms with Gasteiger partial charge in [0.15, 0.2) is 0 Å². The van der Waals surface area contributed by atoms with Crippen LogP contribution in [0.5, 0.6) is 0 Å². The van der Waals surface area contributed by atoms with Gasteiger partial charge in [0.05, 0.1) is 23.8 Å². The van der Waals surface area contributed by atoms with E-state index in [0.29, 0.717) is 18.0 Å². The number of hydrogen-bond donors (Lipinski definition) is 1. The molecule has 30 heavy (non-hydrogen) atoms. The molecule has 0 aliphatic heterocycles. The molecule has 1 N–H and O–H groups in total. The van der Waals surface area contributed by atoms with Crippen LogP contribution in [0.1, 0.15) is 59.5 Å². The molecule has 2 aromatic heterocycles. The lowest BCUT2D eigenvalue weighted by molar-refractivity contribution is 0.0697. The molecule has 1 aliphatic carbocycles. The van der Waals surface area contributed by atoms with Gasteiger partial charge in [-0.05, 0) is 48.1 Å². The van der Waals surface area contributed by atoms with Crippen LogP contribution in [0.4, 0.5) is 0 Å². The van der Waals surface area contributed by atoms with Gasteiger partial charge in [0.25, 0.3) is 0 Å². The van der Waals surface area contributed by atoms with Crippen molar-refractivity contribution in [3.63, 3.8) is 0 Å². The summed E-state index contributed by atoms with van der Waals surface area (Å²) in [6, 6.07) is 17.9. The monoisotopic (exact) mass is 399 g/mol. The first-order valence-corrected chi connectivity index (χ1v) is 10.7. The van der Waals surface area contributed by atoms with Gasteiger partial charge in [-0.1, -0.05) is 55.7 Å². The van der Waals surface area contributed by atoms with Gasteiger partial charge in [-0.2, -0.15) is 0 Å². The summed E-state index contributed by atoms with van der Waals surface area (Å²) in [5, 5.41) is 10.8. The molecule has 2 aromatic carbocycles. The van der Waals surface area contributed by atoms with E-state index in [-0.39, 0.29) is 0 Å². The minimum Gasteiger partial charge on any atom is -0.478 e. The minimum atomic E-state index is -0.895. The van der Waals surface area contributed by atoms with Crippen LogP contribution in [0, 0.1) is 0 Å². The summed E-state index contributed by atoms with van der Waals surface area (Å²) in [4.78, 5) is 11.7. The number of carboxylic acids is 1. The molecule has 0 unspecified atom stereocenters. The van der Waals surface area contributed by atoms with E-state index in [1.807, 2.05) is 36.4 Å². The molecule has 1 saturated carbocycles. The average Bonchev–Trinajstić information content (AvgIpc) is 3.41. The van der Waals surface area contributed by atoms with Crippen molar-refractivity contribution in [1.29, 1.82) is 0 Å². The van der Waals surface area contributed by atoms with E-state index in [2.05, 4.69) is 16.7 Å². The fraction of sp³-hybridized carbons (Fsp3) is 0.269. The lowest BCUT2D eigenvalue weighted by Gasteiger charge is -2.23. The van der Waals surface area contributed by atoms with E-state index in [9.17, 15) is 9.90 Å². The maximum absolute atomic E-state index is 11.7. The van der Waals surface area contributed by atoms with Crippen LogP contribution < -0.4 is 0 Å². The number of nitrogens with zero attached hydrogens (tertiary/aromatic N) is 1. The Balaban J connectivity index is 1.80. The highest BCUT2D eigenvalue weighted by atomic mass is 16.4. The highest BCUT2D eigenvalue weighted by molar-refractivity contribution is 5.98. The van der Waals surface area contributed by atoms with Gasteiger partial charge in [0, 0.05) is 23.0 Å². The SMILES string of the molecule is O=C(O)c1ccc2c(C3CCCCC3)c(-c3ccoc3)n(Cc3ccccc3)c2c1. The van der Waals surface area contributed by atoms with Gasteiger partial charge in [-0.3, -0.25) is 0 Å². The summed E-state index contributed by atoms with van der Waals surface area (Å²) in [6.07, 6.45) is 9.66. The van der Waals surface area contributed by atoms with Crippen LogP contribution in [-0.4, -0.2) is 15.6 Å². The zero-order valence-electron chi connectivity index (χ0n) is 16.9. The van der Waals surface area contributed by atoms with Crippen molar-refractivity contribution < 1.29 is 14.3 Å². The summed E-state index contributed by atoms with van der Waals surface area (Å²) in [6.45, 7) is 0.688. The van der Waals surface area contributed by atoms with Gasteiger partial charge in [0.2, 0.25) is 0 Å². The molecule has 1 aliphatic rings. The second kappa shape index (κ2) is 7.86. The average molecular weight is 399 g/mol.